The Balaban J connectivity index is 1.24. The third kappa shape index (κ3) is 3.57. The van der Waals surface area contributed by atoms with Gasteiger partial charge in [0.25, 0.3) is 5.56 Å². The number of piperazine rings is 1. The highest BCUT2D eigenvalue weighted by atomic mass is 32.1. The zero-order valence-electron chi connectivity index (χ0n) is 17.1. The first-order valence-electron chi connectivity index (χ1n) is 10.1. The lowest BCUT2D eigenvalue weighted by atomic mass is 10.2. The Hall–Kier alpha value is -3.24. The van der Waals surface area contributed by atoms with Crippen LogP contribution in [-0.4, -0.2) is 60.4 Å². The van der Waals surface area contributed by atoms with Gasteiger partial charge >= 0.3 is 5.69 Å². The average Bonchev–Trinajstić information content (AvgIpc) is 3.34. The lowest BCUT2D eigenvalue weighted by Crippen LogP contribution is -2.49. The molecule has 0 atom stereocenters. The summed E-state index contributed by atoms with van der Waals surface area (Å²) in [6.45, 7) is 3.17. The van der Waals surface area contributed by atoms with Crippen molar-refractivity contribution < 1.29 is 4.79 Å². The zero-order chi connectivity index (χ0) is 21.5. The standard InChI is InChI=1S/C21H22N6O3S/c1-23-16-4-2-3-5-17(16)27(21(23)30)14-19(29)25-8-6-24(7-9-25)13-15-12-18(28)26-10-11-31-20(26)22-15/h2-5,10-12H,6-9,13-14H2,1H3. The summed E-state index contributed by atoms with van der Waals surface area (Å²) in [5.74, 6) is -0.0607. The van der Waals surface area contributed by atoms with E-state index in [9.17, 15) is 14.4 Å². The second-order valence-corrected chi connectivity index (χ2v) is 8.59. The summed E-state index contributed by atoms with van der Waals surface area (Å²) in [5, 5.41) is 1.85. The number of nitrogens with zero attached hydrogens (tertiary/aromatic N) is 6. The Bertz CT molecular complexity index is 1390. The maximum Gasteiger partial charge on any atom is 0.329 e. The number of thiazole rings is 1. The highest BCUT2D eigenvalue weighted by molar-refractivity contribution is 7.15. The molecule has 0 unspecified atom stereocenters. The Labute approximate surface area is 181 Å². The van der Waals surface area contributed by atoms with E-state index < -0.39 is 0 Å². The van der Waals surface area contributed by atoms with E-state index in [1.807, 2.05) is 29.6 Å². The molecule has 1 aromatic carbocycles. The van der Waals surface area contributed by atoms with Gasteiger partial charge in [-0.2, -0.15) is 0 Å². The molecule has 9 nitrogen and oxygen atoms in total. The molecular formula is C21H22N6O3S. The van der Waals surface area contributed by atoms with Crippen LogP contribution in [0.25, 0.3) is 16.0 Å². The van der Waals surface area contributed by atoms with Crippen molar-refractivity contribution in [2.45, 2.75) is 13.1 Å². The van der Waals surface area contributed by atoms with Gasteiger partial charge in [0.15, 0.2) is 4.96 Å². The fourth-order valence-corrected chi connectivity index (χ4v) is 4.84. The number of hydrogen-bond donors (Lipinski definition) is 0. The van der Waals surface area contributed by atoms with E-state index in [1.165, 1.54) is 15.9 Å². The number of rotatable bonds is 4. The molecule has 3 aromatic heterocycles. The lowest BCUT2D eigenvalue weighted by Gasteiger charge is -2.34. The predicted molar refractivity (Wildman–Crippen MR) is 118 cm³/mol. The smallest absolute Gasteiger partial charge is 0.329 e. The predicted octanol–water partition coefficient (Wildman–Crippen LogP) is 0.754. The number of benzene rings is 1. The number of carbonyl (C=O) groups excluding carboxylic acids is 1. The molecular weight excluding hydrogens is 416 g/mol. The number of fused-ring (bicyclic) bond motifs is 2. The van der Waals surface area contributed by atoms with Crippen LogP contribution in [0.15, 0.2) is 51.5 Å². The van der Waals surface area contributed by atoms with E-state index in [-0.39, 0.29) is 23.7 Å². The molecule has 0 radical (unpaired) electrons. The minimum atomic E-state index is -0.186. The molecule has 160 valence electrons. The number of hydrogen-bond acceptors (Lipinski definition) is 6. The van der Waals surface area contributed by atoms with E-state index in [0.29, 0.717) is 37.7 Å². The van der Waals surface area contributed by atoms with Crippen molar-refractivity contribution in [3.05, 3.63) is 68.4 Å². The molecule has 31 heavy (non-hydrogen) atoms. The fraction of sp³-hybridized carbons (Fsp3) is 0.333. The van der Waals surface area contributed by atoms with Gasteiger partial charge in [0.2, 0.25) is 5.91 Å². The molecule has 10 heteroatoms. The highest BCUT2D eigenvalue weighted by Gasteiger charge is 2.23. The van der Waals surface area contributed by atoms with E-state index in [0.717, 1.165) is 16.7 Å². The summed E-state index contributed by atoms with van der Waals surface area (Å²) in [7, 11) is 1.72. The molecule has 4 aromatic rings. The Morgan fingerprint density at radius 2 is 1.84 bits per heavy atom. The molecule has 1 fully saturated rings. The number of amides is 1. The van der Waals surface area contributed by atoms with Crippen LogP contribution in [0.3, 0.4) is 0 Å². The van der Waals surface area contributed by atoms with Crippen LogP contribution in [-0.2, 0) is 24.9 Å². The number of carbonyl (C=O) groups is 1. The van der Waals surface area contributed by atoms with Crippen molar-refractivity contribution >= 4 is 33.2 Å². The summed E-state index contributed by atoms with van der Waals surface area (Å²) in [5.41, 5.74) is 2.07. The molecule has 0 bridgehead atoms. The maximum absolute atomic E-state index is 12.9. The molecule has 1 amide bonds. The Kier molecular flexibility index (Phi) is 4.95. The number of para-hydroxylation sites is 2. The molecule has 0 aliphatic carbocycles. The van der Waals surface area contributed by atoms with Crippen LogP contribution in [0.1, 0.15) is 5.69 Å². The fourth-order valence-electron chi connectivity index (χ4n) is 4.10. The van der Waals surface area contributed by atoms with E-state index in [1.54, 1.807) is 33.2 Å². The molecule has 4 heterocycles. The van der Waals surface area contributed by atoms with Crippen LogP contribution in [0.4, 0.5) is 0 Å². The van der Waals surface area contributed by atoms with Gasteiger partial charge in [0.1, 0.15) is 6.54 Å². The van der Waals surface area contributed by atoms with Gasteiger partial charge in [0, 0.05) is 57.4 Å². The van der Waals surface area contributed by atoms with Crippen molar-refractivity contribution in [2.24, 2.45) is 7.05 Å². The third-order valence-corrected chi connectivity index (χ3v) is 6.57. The van der Waals surface area contributed by atoms with Crippen molar-refractivity contribution in [1.29, 1.82) is 0 Å². The van der Waals surface area contributed by atoms with Gasteiger partial charge < -0.3 is 4.90 Å². The van der Waals surface area contributed by atoms with Crippen LogP contribution < -0.4 is 11.2 Å². The van der Waals surface area contributed by atoms with Crippen molar-refractivity contribution in [3.63, 3.8) is 0 Å². The minimum Gasteiger partial charge on any atom is -0.339 e. The largest absolute Gasteiger partial charge is 0.339 e. The SMILES string of the molecule is Cn1c(=O)n(CC(=O)N2CCN(Cc3cc(=O)n4ccsc4n3)CC2)c2ccccc21. The molecule has 1 saturated heterocycles. The monoisotopic (exact) mass is 438 g/mol. The maximum atomic E-state index is 12.9. The van der Waals surface area contributed by atoms with E-state index in [2.05, 4.69) is 9.88 Å². The van der Waals surface area contributed by atoms with Crippen LogP contribution in [0, 0.1) is 0 Å². The normalized spacial score (nSPS) is 15.2. The summed E-state index contributed by atoms with van der Waals surface area (Å²) in [6.07, 6.45) is 1.73. The molecule has 1 aliphatic heterocycles. The van der Waals surface area contributed by atoms with E-state index in [4.69, 9.17) is 0 Å². The highest BCUT2D eigenvalue weighted by Crippen LogP contribution is 2.13. The third-order valence-electron chi connectivity index (χ3n) is 5.81. The van der Waals surface area contributed by atoms with Gasteiger partial charge in [0.05, 0.1) is 16.7 Å². The molecule has 0 saturated carbocycles. The quantitative estimate of drug-likeness (QED) is 0.470. The van der Waals surface area contributed by atoms with Crippen LogP contribution in [0.2, 0.25) is 0 Å². The van der Waals surface area contributed by atoms with Crippen molar-refractivity contribution in [3.8, 4) is 0 Å². The van der Waals surface area contributed by atoms with Gasteiger partial charge in [-0.3, -0.25) is 28.0 Å². The first-order valence-corrected chi connectivity index (χ1v) is 11.0. The van der Waals surface area contributed by atoms with Gasteiger partial charge in [-0.25, -0.2) is 9.78 Å². The number of imidazole rings is 1. The summed E-state index contributed by atoms with van der Waals surface area (Å²) in [4.78, 5) is 46.9. The minimum absolute atomic E-state index is 0.0353. The first kappa shape index (κ1) is 19.7. The van der Waals surface area contributed by atoms with E-state index >= 15 is 0 Å². The van der Waals surface area contributed by atoms with Crippen molar-refractivity contribution in [2.75, 3.05) is 26.2 Å². The average molecular weight is 439 g/mol. The van der Waals surface area contributed by atoms with Gasteiger partial charge in [-0.05, 0) is 12.1 Å². The second kappa shape index (κ2) is 7.78. The number of aryl methyl sites for hydroxylation is 1. The summed E-state index contributed by atoms with van der Waals surface area (Å²) >= 11 is 1.44. The Morgan fingerprint density at radius 3 is 2.61 bits per heavy atom. The first-order chi connectivity index (χ1) is 15.0. The Morgan fingerprint density at radius 1 is 1.10 bits per heavy atom. The zero-order valence-corrected chi connectivity index (χ0v) is 17.9. The summed E-state index contributed by atoms with van der Waals surface area (Å²) < 4.78 is 4.65. The second-order valence-electron chi connectivity index (χ2n) is 7.71. The lowest BCUT2D eigenvalue weighted by molar-refractivity contribution is -0.133. The molecule has 0 N–H and O–H groups in total. The van der Waals surface area contributed by atoms with Gasteiger partial charge in [-0.1, -0.05) is 12.1 Å². The molecule has 1 aliphatic rings. The number of aromatic nitrogens is 4. The topological polar surface area (TPSA) is 84.9 Å². The van der Waals surface area contributed by atoms with Crippen LogP contribution in [0.5, 0.6) is 0 Å². The van der Waals surface area contributed by atoms with Crippen molar-refractivity contribution in [1.82, 2.24) is 28.3 Å². The summed E-state index contributed by atoms with van der Waals surface area (Å²) in [6, 6.07) is 9.07. The molecule has 5 rings (SSSR count). The van der Waals surface area contributed by atoms with Gasteiger partial charge in [-0.15, -0.1) is 11.3 Å². The molecule has 0 spiro atoms. The van der Waals surface area contributed by atoms with Crippen LogP contribution >= 0.6 is 11.3 Å².